The highest BCUT2D eigenvalue weighted by atomic mass is 16.5. The molecule has 0 radical (unpaired) electrons. The number of carbonyl (C=O) groups excluding carboxylic acids is 1. The number of nitrogens with zero attached hydrogens (tertiary/aromatic N) is 1. The molecule has 8 nitrogen and oxygen atoms in total. The van der Waals surface area contributed by atoms with Gasteiger partial charge in [-0.3, -0.25) is 9.59 Å². The first-order valence-electron chi connectivity index (χ1n) is 10.8. The number of ether oxygens (including phenoxy) is 1. The summed E-state index contributed by atoms with van der Waals surface area (Å²) < 4.78 is 5.73. The van der Waals surface area contributed by atoms with Gasteiger partial charge in [-0.1, -0.05) is 30.3 Å². The van der Waals surface area contributed by atoms with Crippen molar-refractivity contribution in [1.82, 2.24) is 0 Å². The largest absolute Gasteiger partial charge is 0.481 e. The Kier molecular flexibility index (Phi) is 6.30. The first-order chi connectivity index (χ1) is 15.4. The third kappa shape index (κ3) is 4.85. The molecule has 1 atom stereocenters. The summed E-state index contributed by atoms with van der Waals surface area (Å²) in [7, 11) is 0. The molecule has 2 aromatic carbocycles. The minimum Gasteiger partial charge on any atom is -0.481 e. The maximum Gasteiger partial charge on any atom is 0.346 e. The van der Waals surface area contributed by atoms with E-state index in [9.17, 15) is 19.5 Å². The third-order valence-corrected chi connectivity index (χ3v) is 5.96. The lowest BCUT2D eigenvalue weighted by atomic mass is 10.0. The zero-order chi connectivity index (χ0) is 22.7. The van der Waals surface area contributed by atoms with Gasteiger partial charge >= 0.3 is 11.9 Å². The van der Waals surface area contributed by atoms with Crippen LogP contribution in [-0.4, -0.2) is 47.3 Å². The molecule has 3 N–H and O–H groups in total. The summed E-state index contributed by atoms with van der Waals surface area (Å²) in [6, 6.07) is 13.5. The molecule has 2 aliphatic rings. The molecule has 8 heteroatoms. The zero-order valence-corrected chi connectivity index (χ0v) is 17.6. The van der Waals surface area contributed by atoms with E-state index in [1.807, 2.05) is 17.0 Å². The minimum absolute atomic E-state index is 0.00929. The first-order valence-corrected chi connectivity index (χ1v) is 10.8. The van der Waals surface area contributed by atoms with Crippen molar-refractivity contribution < 1.29 is 29.3 Å². The fourth-order valence-corrected chi connectivity index (χ4v) is 4.49. The van der Waals surface area contributed by atoms with E-state index in [-0.39, 0.29) is 24.8 Å². The van der Waals surface area contributed by atoms with Crippen LogP contribution in [0.15, 0.2) is 42.5 Å². The highest BCUT2D eigenvalue weighted by Gasteiger charge is 2.32. The van der Waals surface area contributed by atoms with Gasteiger partial charge < -0.3 is 25.2 Å². The molecular weight excluding hydrogens is 412 g/mol. The number of aliphatic carboxylic acids is 2. The van der Waals surface area contributed by atoms with Gasteiger partial charge in [-0.05, 0) is 48.4 Å². The van der Waals surface area contributed by atoms with Crippen molar-refractivity contribution in [2.24, 2.45) is 5.92 Å². The van der Waals surface area contributed by atoms with Crippen LogP contribution < -0.4 is 15.0 Å². The molecule has 0 spiro atoms. The maximum absolute atomic E-state index is 12.8. The summed E-state index contributed by atoms with van der Waals surface area (Å²) >= 11 is 0. The van der Waals surface area contributed by atoms with Gasteiger partial charge in [-0.15, -0.1) is 0 Å². The molecule has 1 aliphatic carbocycles. The van der Waals surface area contributed by atoms with Crippen LogP contribution in [0.3, 0.4) is 0 Å². The van der Waals surface area contributed by atoms with Crippen molar-refractivity contribution in [3.05, 3.63) is 53.6 Å². The Hall–Kier alpha value is -3.55. The molecule has 1 unspecified atom stereocenters. The van der Waals surface area contributed by atoms with E-state index in [1.165, 1.54) is 11.1 Å². The minimum atomic E-state index is -1.11. The van der Waals surface area contributed by atoms with Gasteiger partial charge in [0.15, 0.2) is 5.75 Å². The predicted molar refractivity (Wildman–Crippen MR) is 118 cm³/mol. The Morgan fingerprint density at radius 1 is 1.03 bits per heavy atom. The normalized spacial score (nSPS) is 17.2. The molecule has 0 fully saturated rings. The first kappa shape index (κ1) is 21.7. The molecule has 0 saturated heterocycles. The average Bonchev–Trinajstić information content (AvgIpc) is 3.15. The number of nitrogens with one attached hydrogen (secondary N) is 1. The smallest absolute Gasteiger partial charge is 0.346 e. The van der Waals surface area contributed by atoms with Crippen LogP contribution in [0.4, 0.5) is 11.4 Å². The molecule has 2 aromatic rings. The summed E-state index contributed by atoms with van der Waals surface area (Å²) in [6.45, 7) is 0.490. The number of benzene rings is 2. The number of hydrogen-bond donors (Lipinski definition) is 3. The second kappa shape index (κ2) is 9.30. The molecule has 1 aliphatic heterocycles. The van der Waals surface area contributed by atoms with Crippen LogP contribution in [0.1, 0.15) is 30.4 Å². The van der Waals surface area contributed by atoms with Crippen LogP contribution in [0.5, 0.6) is 5.75 Å². The summed E-state index contributed by atoms with van der Waals surface area (Å²) in [5, 5.41) is 21.3. The van der Waals surface area contributed by atoms with Crippen LogP contribution >= 0.6 is 0 Å². The Morgan fingerprint density at radius 2 is 1.75 bits per heavy atom. The Labute approximate surface area is 185 Å². The molecule has 0 aromatic heterocycles. The highest BCUT2D eigenvalue weighted by molar-refractivity contribution is 5.94. The van der Waals surface area contributed by atoms with E-state index in [0.29, 0.717) is 36.5 Å². The van der Waals surface area contributed by atoms with Gasteiger partial charge in [0.2, 0.25) is 12.0 Å². The Balaban J connectivity index is 1.47. The van der Waals surface area contributed by atoms with Crippen molar-refractivity contribution in [3.63, 3.8) is 0 Å². The maximum atomic E-state index is 12.8. The van der Waals surface area contributed by atoms with Gasteiger partial charge in [-0.25, -0.2) is 4.79 Å². The highest BCUT2D eigenvalue weighted by Crippen LogP contribution is 2.40. The molecule has 1 heterocycles. The van der Waals surface area contributed by atoms with Crippen LogP contribution in [0.2, 0.25) is 0 Å². The number of carboxylic acids is 2. The summed E-state index contributed by atoms with van der Waals surface area (Å²) in [4.78, 5) is 37.1. The second-order valence-corrected chi connectivity index (χ2v) is 8.34. The number of para-hydroxylation sites is 1. The van der Waals surface area contributed by atoms with Crippen molar-refractivity contribution in [1.29, 1.82) is 0 Å². The topological polar surface area (TPSA) is 116 Å². The van der Waals surface area contributed by atoms with E-state index in [0.717, 1.165) is 12.8 Å². The fraction of sp³-hybridized carbons (Fsp3) is 0.375. The Bertz CT molecular complexity index is 1010. The van der Waals surface area contributed by atoms with Crippen molar-refractivity contribution >= 4 is 29.2 Å². The van der Waals surface area contributed by atoms with Crippen LogP contribution in [0.25, 0.3) is 0 Å². The lowest BCUT2D eigenvalue weighted by molar-refractivity contribution is -0.145. The number of amides is 1. The number of hydrogen-bond acceptors (Lipinski definition) is 5. The van der Waals surface area contributed by atoms with Gasteiger partial charge in [0.05, 0.1) is 17.9 Å². The number of carboxylic acid groups (broad SMARTS) is 2. The molecule has 0 bridgehead atoms. The molecule has 168 valence electrons. The van der Waals surface area contributed by atoms with Crippen molar-refractivity contribution in [2.45, 2.75) is 38.2 Å². The van der Waals surface area contributed by atoms with E-state index in [2.05, 4.69) is 17.4 Å². The molecule has 1 amide bonds. The van der Waals surface area contributed by atoms with Gasteiger partial charge in [-0.2, -0.15) is 0 Å². The SMILES string of the molecule is O=C(O)CCCN1CC(C(=O)O)Oc2c(NC(=O)CC3Cc4ccccc4C3)cccc21. The second-order valence-electron chi connectivity index (χ2n) is 8.34. The zero-order valence-electron chi connectivity index (χ0n) is 17.6. The third-order valence-electron chi connectivity index (χ3n) is 5.96. The predicted octanol–water partition coefficient (Wildman–Crippen LogP) is 2.95. The molecular formula is C24H26N2O6. The monoisotopic (exact) mass is 438 g/mol. The number of carbonyl (C=O) groups is 3. The van der Waals surface area contributed by atoms with Crippen LogP contribution in [-0.2, 0) is 27.2 Å². The van der Waals surface area contributed by atoms with Crippen molar-refractivity contribution in [3.8, 4) is 5.75 Å². The summed E-state index contributed by atoms with van der Waals surface area (Å²) in [5.41, 5.74) is 3.65. The molecule has 4 rings (SSSR count). The lowest BCUT2D eigenvalue weighted by Crippen LogP contribution is -2.45. The van der Waals surface area contributed by atoms with Crippen LogP contribution in [0, 0.1) is 5.92 Å². The fourth-order valence-electron chi connectivity index (χ4n) is 4.49. The molecule has 32 heavy (non-hydrogen) atoms. The average molecular weight is 438 g/mol. The van der Waals surface area contributed by atoms with Gasteiger partial charge in [0.1, 0.15) is 0 Å². The van der Waals surface area contributed by atoms with E-state index in [4.69, 9.17) is 9.84 Å². The van der Waals surface area contributed by atoms with Gasteiger partial charge in [0.25, 0.3) is 0 Å². The number of rotatable bonds is 8. The van der Waals surface area contributed by atoms with E-state index < -0.39 is 18.0 Å². The lowest BCUT2D eigenvalue weighted by Gasteiger charge is -2.35. The molecule has 0 saturated carbocycles. The quantitative estimate of drug-likeness (QED) is 0.580. The van der Waals surface area contributed by atoms with E-state index in [1.54, 1.807) is 18.2 Å². The summed E-state index contributed by atoms with van der Waals surface area (Å²) in [5.74, 6) is -1.61. The number of fused-ring (bicyclic) bond motifs is 2. The summed E-state index contributed by atoms with van der Waals surface area (Å²) in [6.07, 6.45) is 1.36. The Morgan fingerprint density at radius 3 is 2.41 bits per heavy atom. The standard InChI is InChI=1S/C24H26N2O6/c27-21(13-15-11-16-5-1-2-6-17(16)12-15)25-18-7-3-8-19-23(18)32-20(24(30)31)14-26(19)10-4-9-22(28)29/h1-3,5-8,15,20H,4,9-14H2,(H,25,27)(H,28,29)(H,30,31). The number of anilines is 2. The van der Waals surface area contributed by atoms with Gasteiger partial charge in [0, 0.05) is 19.4 Å². The van der Waals surface area contributed by atoms with Crippen molar-refractivity contribution in [2.75, 3.05) is 23.3 Å². The van der Waals surface area contributed by atoms with E-state index >= 15 is 0 Å².